The Labute approximate surface area is 103 Å². The van der Waals surface area contributed by atoms with Crippen LogP contribution in [0.3, 0.4) is 0 Å². The summed E-state index contributed by atoms with van der Waals surface area (Å²) in [4.78, 5) is 0. The Morgan fingerprint density at radius 1 is 1.47 bits per heavy atom. The summed E-state index contributed by atoms with van der Waals surface area (Å²) < 4.78 is 31.8. The van der Waals surface area contributed by atoms with Gasteiger partial charge in [0.15, 0.2) is 0 Å². The first-order valence-corrected chi connectivity index (χ1v) is 7.98. The molecule has 0 aromatic carbocycles. The van der Waals surface area contributed by atoms with Crippen LogP contribution in [-0.2, 0) is 14.8 Å². The van der Waals surface area contributed by atoms with E-state index in [0.29, 0.717) is 13.2 Å². The van der Waals surface area contributed by atoms with Crippen LogP contribution in [0.4, 0.5) is 0 Å². The lowest BCUT2D eigenvalue weighted by molar-refractivity contribution is 0.127. The average Bonchev–Trinajstić information content (AvgIpc) is 2.88. The molecule has 2 aliphatic heterocycles. The highest BCUT2D eigenvalue weighted by Crippen LogP contribution is 2.18. The van der Waals surface area contributed by atoms with E-state index < -0.39 is 10.0 Å². The van der Waals surface area contributed by atoms with Gasteiger partial charge in [0.2, 0.25) is 10.0 Å². The fourth-order valence-electron chi connectivity index (χ4n) is 2.46. The molecule has 100 valence electrons. The molecule has 0 aromatic heterocycles. The topological polar surface area (TPSA) is 67.4 Å². The van der Waals surface area contributed by atoms with E-state index in [0.717, 1.165) is 32.2 Å². The van der Waals surface area contributed by atoms with E-state index in [-0.39, 0.29) is 17.4 Å². The van der Waals surface area contributed by atoms with Crippen molar-refractivity contribution < 1.29 is 13.2 Å². The number of hydrogen-bond donors (Lipinski definition) is 2. The summed E-state index contributed by atoms with van der Waals surface area (Å²) in [6, 6.07) is 0. The van der Waals surface area contributed by atoms with Crippen LogP contribution in [-0.4, -0.2) is 45.5 Å². The quantitative estimate of drug-likeness (QED) is 0.744. The van der Waals surface area contributed by atoms with Crippen molar-refractivity contribution in [2.45, 2.75) is 44.2 Å². The molecule has 0 aromatic rings. The fourth-order valence-corrected chi connectivity index (χ4v) is 3.87. The zero-order chi connectivity index (χ0) is 12.4. The van der Waals surface area contributed by atoms with Crippen molar-refractivity contribution in [1.29, 1.82) is 0 Å². The fraction of sp³-hybridized carbons (Fsp3) is 1.00. The van der Waals surface area contributed by atoms with Crippen LogP contribution < -0.4 is 10.0 Å². The van der Waals surface area contributed by atoms with Gasteiger partial charge in [0.05, 0.1) is 11.9 Å². The summed E-state index contributed by atoms with van der Waals surface area (Å²) in [7, 11) is -3.21. The third-order valence-electron chi connectivity index (χ3n) is 3.57. The molecule has 2 heterocycles. The molecule has 0 saturated carbocycles. The molecular formula is C11H22N2O3S. The normalized spacial score (nSPS) is 34.3. The summed E-state index contributed by atoms with van der Waals surface area (Å²) in [6.07, 6.45) is 3.85. The molecule has 0 spiro atoms. The minimum absolute atomic E-state index is 0.0798. The maximum atomic E-state index is 11.9. The second kappa shape index (κ2) is 5.22. The zero-order valence-corrected chi connectivity index (χ0v) is 11.2. The van der Waals surface area contributed by atoms with E-state index in [1.54, 1.807) is 0 Å². The van der Waals surface area contributed by atoms with Crippen LogP contribution in [0, 0.1) is 0 Å². The monoisotopic (exact) mass is 262 g/mol. The molecule has 2 unspecified atom stereocenters. The third-order valence-corrected chi connectivity index (χ3v) is 4.96. The maximum absolute atomic E-state index is 11.9. The van der Waals surface area contributed by atoms with Gasteiger partial charge in [-0.2, -0.15) is 0 Å². The molecule has 17 heavy (non-hydrogen) atoms. The summed E-state index contributed by atoms with van der Waals surface area (Å²) in [5.74, 6) is 0.100. The van der Waals surface area contributed by atoms with Gasteiger partial charge >= 0.3 is 0 Å². The van der Waals surface area contributed by atoms with Gasteiger partial charge in [0.25, 0.3) is 0 Å². The molecule has 2 fully saturated rings. The van der Waals surface area contributed by atoms with Gasteiger partial charge in [-0.15, -0.1) is 0 Å². The summed E-state index contributed by atoms with van der Waals surface area (Å²) in [6.45, 7) is 4.21. The Hall–Kier alpha value is -0.170. The van der Waals surface area contributed by atoms with Crippen LogP contribution in [0.5, 0.6) is 0 Å². The van der Waals surface area contributed by atoms with Crippen LogP contribution in [0.2, 0.25) is 0 Å². The predicted molar refractivity (Wildman–Crippen MR) is 66.4 cm³/mol. The Morgan fingerprint density at radius 3 is 2.88 bits per heavy atom. The molecule has 0 radical (unpaired) electrons. The van der Waals surface area contributed by atoms with Crippen molar-refractivity contribution in [3.63, 3.8) is 0 Å². The minimum atomic E-state index is -3.21. The average molecular weight is 262 g/mol. The number of rotatable bonds is 5. The standard InChI is InChI=1S/C11H22N2O3S/c1-11(5-3-6-12-11)9-13-17(14,15)8-10-4-2-7-16-10/h10,12-13H,2-9H2,1H3. The lowest BCUT2D eigenvalue weighted by atomic mass is 10.0. The molecule has 0 bridgehead atoms. The van der Waals surface area contributed by atoms with E-state index >= 15 is 0 Å². The minimum Gasteiger partial charge on any atom is -0.377 e. The largest absolute Gasteiger partial charge is 0.377 e. The zero-order valence-electron chi connectivity index (χ0n) is 10.4. The number of hydrogen-bond acceptors (Lipinski definition) is 4. The highest BCUT2D eigenvalue weighted by Gasteiger charge is 2.30. The van der Waals surface area contributed by atoms with Crippen LogP contribution >= 0.6 is 0 Å². The van der Waals surface area contributed by atoms with Gasteiger partial charge in [-0.05, 0) is 39.2 Å². The van der Waals surface area contributed by atoms with Gasteiger partial charge in [0.1, 0.15) is 0 Å². The smallest absolute Gasteiger partial charge is 0.214 e. The lowest BCUT2D eigenvalue weighted by Gasteiger charge is -2.24. The Kier molecular flexibility index (Phi) is 4.07. The SMILES string of the molecule is CC1(CNS(=O)(=O)CC2CCCO2)CCCN1. The Balaban J connectivity index is 1.80. The van der Waals surface area contributed by atoms with Gasteiger partial charge in [-0.3, -0.25) is 0 Å². The molecule has 0 aliphatic carbocycles. The van der Waals surface area contributed by atoms with E-state index in [1.807, 2.05) is 0 Å². The highest BCUT2D eigenvalue weighted by atomic mass is 32.2. The molecule has 2 saturated heterocycles. The molecule has 2 N–H and O–H groups in total. The molecule has 0 amide bonds. The van der Waals surface area contributed by atoms with Gasteiger partial charge in [-0.25, -0.2) is 13.1 Å². The van der Waals surface area contributed by atoms with Crippen LogP contribution in [0.25, 0.3) is 0 Å². The first-order chi connectivity index (χ1) is 7.99. The van der Waals surface area contributed by atoms with E-state index in [4.69, 9.17) is 4.74 Å². The second-order valence-electron chi connectivity index (χ2n) is 5.33. The number of sulfonamides is 1. The molecular weight excluding hydrogens is 240 g/mol. The summed E-state index contributed by atoms with van der Waals surface area (Å²) in [5.41, 5.74) is -0.0798. The van der Waals surface area contributed by atoms with Gasteiger partial charge in [0, 0.05) is 18.7 Å². The van der Waals surface area contributed by atoms with Crippen LogP contribution in [0.1, 0.15) is 32.6 Å². The van der Waals surface area contributed by atoms with Gasteiger partial charge in [-0.1, -0.05) is 0 Å². The van der Waals surface area contributed by atoms with Crippen molar-refractivity contribution >= 4 is 10.0 Å². The Morgan fingerprint density at radius 2 is 2.29 bits per heavy atom. The second-order valence-corrected chi connectivity index (χ2v) is 7.18. The third kappa shape index (κ3) is 3.91. The van der Waals surface area contributed by atoms with Gasteiger partial charge < -0.3 is 10.1 Å². The Bertz CT molecular complexity index is 344. The van der Waals surface area contributed by atoms with Crippen molar-refractivity contribution in [3.05, 3.63) is 0 Å². The lowest BCUT2D eigenvalue weighted by Crippen LogP contribution is -2.48. The first kappa shape index (κ1) is 13.3. The molecule has 2 atom stereocenters. The van der Waals surface area contributed by atoms with Crippen molar-refractivity contribution in [1.82, 2.24) is 10.0 Å². The number of ether oxygens (including phenoxy) is 1. The summed E-state index contributed by atoms with van der Waals surface area (Å²) in [5, 5.41) is 3.34. The van der Waals surface area contributed by atoms with Crippen molar-refractivity contribution in [2.75, 3.05) is 25.4 Å². The molecule has 2 aliphatic rings. The van der Waals surface area contributed by atoms with E-state index in [1.165, 1.54) is 0 Å². The predicted octanol–water partition coefficient (Wildman–Crippen LogP) is 0.227. The molecule has 2 rings (SSSR count). The van der Waals surface area contributed by atoms with E-state index in [2.05, 4.69) is 17.0 Å². The summed E-state index contributed by atoms with van der Waals surface area (Å²) >= 11 is 0. The number of nitrogens with one attached hydrogen (secondary N) is 2. The van der Waals surface area contributed by atoms with Crippen LogP contribution in [0.15, 0.2) is 0 Å². The van der Waals surface area contributed by atoms with Crippen molar-refractivity contribution in [2.24, 2.45) is 0 Å². The molecule has 5 nitrogen and oxygen atoms in total. The maximum Gasteiger partial charge on any atom is 0.214 e. The highest BCUT2D eigenvalue weighted by molar-refractivity contribution is 7.89. The van der Waals surface area contributed by atoms with Crippen molar-refractivity contribution in [3.8, 4) is 0 Å². The van der Waals surface area contributed by atoms with E-state index in [9.17, 15) is 8.42 Å². The molecule has 6 heteroatoms. The first-order valence-electron chi connectivity index (χ1n) is 6.33.